The second-order valence-corrected chi connectivity index (χ2v) is 8.95. The Hall–Kier alpha value is -1.36. The molecule has 0 saturated carbocycles. The van der Waals surface area contributed by atoms with Crippen LogP contribution in [0.5, 0.6) is 0 Å². The van der Waals surface area contributed by atoms with Gasteiger partial charge in [-0.25, -0.2) is 13.1 Å². The summed E-state index contributed by atoms with van der Waals surface area (Å²) in [5, 5.41) is 3.50. The van der Waals surface area contributed by atoms with Gasteiger partial charge in [0.1, 0.15) is 4.90 Å². The third kappa shape index (κ3) is 3.98. The van der Waals surface area contributed by atoms with Crippen molar-refractivity contribution in [1.29, 1.82) is 0 Å². The van der Waals surface area contributed by atoms with E-state index in [9.17, 15) is 17.2 Å². The Balaban J connectivity index is 1.67. The molecule has 1 aromatic carbocycles. The molecule has 0 N–H and O–H groups in total. The number of nitrogens with zero attached hydrogens (tertiary/aromatic N) is 4. The van der Waals surface area contributed by atoms with E-state index in [0.29, 0.717) is 30.9 Å². The second kappa shape index (κ2) is 7.71. The lowest BCUT2D eigenvalue weighted by molar-refractivity contribution is 0.0541. The lowest BCUT2D eigenvalue weighted by Crippen LogP contribution is -2.48. The van der Waals surface area contributed by atoms with Gasteiger partial charge in [-0.1, -0.05) is 28.1 Å². The number of rotatable bonds is 5. The summed E-state index contributed by atoms with van der Waals surface area (Å²) in [5.41, 5.74) is 1.10. The van der Waals surface area contributed by atoms with E-state index >= 15 is 0 Å². The molecular weight excluding hydrogens is 430 g/mol. The van der Waals surface area contributed by atoms with Gasteiger partial charge in [-0.3, -0.25) is 4.90 Å². The number of hydrogen-bond acceptors (Lipinski definition) is 4. The average Bonchev–Trinajstić information content (AvgIpc) is 2.98. The van der Waals surface area contributed by atoms with Crippen molar-refractivity contribution in [3.63, 3.8) is 0 Å². The summed E-state index contributed by atoms with van der Waals surface area (Å²) in [4.78, 5) is 2.02. The zero-order valence-electron chi connectivity index (χ0n) is 14.1. The first kappa shape index (κ1) is 19.4. The van der Waals surface area contributed by atoms with Gasteiger partial charge in [0.05, 0.1) is 11.9 Å². The quantitative estimate of drug-likeness (QED) is 0.705. The predicted octanol–water partition coefficient (Wildman–Crippen LogP) is 2.86. The van der Waals surface area contributed by atoms with Crippen molar-refractivity contribution in [2.24, 2.45) is 0 Å². The van der Waals surface area contributed by atoms with Gasteiger partial charge in [-0.2, -0.15) is 18.2 Å². The van der Waals surface area contributed by atoms with Crippen LogP contribution < -0.4 is 0 Å². The van der Waals surface area contributed by atoms with Crippen molar-refractivity contribution in [2.75, 3.05) is 26.2 Å². The van der Waals surface area contributed by atoms with Gasteiger partial charge in [-0.15, -0.1) is 0 Å². The number of hydrogen-bond donors (Lipinski definition) is 0. The molecule has 0 atom stereocenters. The molecule has 0 bridgehead atoms. The smallest absolute Gasteiger partial charge is 0.296 e. The molecule has 1 aliphatic rings. The van der Waals surface area contributed by atoms with E-state index in [-0.39, 0.29) is 10.6 Å². The SMILES string of the molecule is Cc1c(S(=O)(=O)N2CCN(Cc3cccc(Br)c3)CC2)cnn1C(F)F. The Morgan fingerprint density at radius 3 is 2.50 bits per heavy atom. The summed E-state index contributed by atoms with van der Waals surface area (Å²) < 4.78 is 54.0. The van der Waals surface area contributed by atoms with Gasteiger partial charge >= 0.3 is 6.55 Å². The molecule has 0 spiro atoms. The Morgan fingerprint density at radius 1 is 1.23 bits per heavy atom. The highest BCUT2D eigenvalue weighted by atomic mass is 79.9. The van der Waals surface area contributed by atoms with E-state index in [1.165, 1.54) is 11.2 Å². The molecule has 0 radical (unpaired) electrons. The first-order chi connectivity index (χ1) is 12.3. The second-order valence-electron chi connectivity index (χ2n) is 6.13. The molecule has 0 unspecified atom stereocenters. The highest BCUT2D eigenvalue weighted by molar-refractivity contribution is 9.10. The monoisotopic (exact) mass is 448 g/mol. The first-order valence-corrected chi connectivity index (χ1v) is 10.3. The lowest BCUT2D eigenvalue weighted by Gasteiger charge is -2.33. The minimum absolute atomic E-state index is 0.0448. The van der Waals surface area contributed by atoms with Crippen LogP contribution in [0.3, 0.4) is 0 Å². The molecule has 3 rings (SSSR count). The molecule has 10 heteroatoms. The van der Waals surface area contributed by atoms with Crippen molar-refractivity contribution in [2.45, 2.75) is 24.9 Å². The Kier molecular flexibility index (Phi) is 5.75. The van der Waals surface area contributed by atoms with Crippen LogP contribution in [0.2, 0.25) is 0 Å². The summed E-state index contributed by atoms with van der Waals surface area (Å²) >= 11 is 3.44. The largest absolute Gasteiger partial charge is 0.333 e. The fourth-order valence-corrected chi connectivity index (χ4v) is 5.03. The zero-order chi connectivity index (χ0) is 18.9. The number of sulfonamides is 1. The lowest BCUT2D eigenvalue weighted by atomic mass is 10.2. The third-order valence-corrected chi connectivity index (χ3v) is 6.92. The van der Waals surface area contributed by atoms with Crippen LogP contribution in [0, 0.1) is 6.92 Å². The molecule has 2 heterocycles. The maximum Gasteiger partial charge on any atom is 0.333 e. The maximum atomic E-state index is 12.8. The number of benzene rings is 1. The van der Waals surface area contributed by atoms with E-state index in [1.54, 1.807) is 0 Å². The van der Waals surface area contributed by atoms with Crippen LogP contribution in [-0.4, -0.2) is 53.6 Å². The van der Waals surface area contributed by atoms with E-state index in [1.807, 2.05) is 24.3 Å². The van der Waals surface area contributed by atoms with Crippen LogP contribution in [0.15, 0.2) is 39.8 Å². The molecule has 1 saturated heterocycles. The van der Waals surface area contributed by atoms with E-state index in [2.05, 4.69) is 25.9 Å². The van der Waals surface area contributed by atoms with Crippen molar-refractivity contribution in [3.8, 4) is 0 Å². The molecule has 1 aromatic heterocycles. The van der Waals surface area contributed by atoms with Crippen molar-refractivity contribution in [1.82, 2.24) is 19.0 Å². The van der Waals surface area contributed by atoms with E-state index < -0.39 is 16.6 Å². The standard InChI is InChI=1S/C16H19BrF2N4O2S/c1-12-15(10-20-23(12)16(18)19)26(24,25)22-7-5-21(6-8-22)11-13-3-2-4-14(17)9-13/h2-4,9-10,16H,5-8,11H2,1H3. The Morgan fingerprint density at radius 2 is 1.92 bits per heavy atom. The van der Waals surface area contributed by atoms with Gasteiger partial charge in [0.25, 0.3) is 0 Å². The molecule has 1 fully saturated rings. The summed E-state index contributed by atoms with van der Waals surface area (Å²) in [7, 11) is -3.83. The van der Waals surface area contributed by atoms with Gasteiger partial charge < -0.3 is 0 Å². The number of alkyl halides is 2. The maximum absolute atomic E-state index is 12.8. The van der Waals surface area contributed by atoms with Crippen LogP contribution in [0.4, 0.5) is 8.78 Å². The van der Waals surface area contributed by atoms with Crippen molar-refractivity contribution >= 4 is 26.0 Å². The van der Waals surface area contributed by atoms with Gasteiger partial charge in [0.15, 0.2) is 0 Å². The summed E-state index contributed by atoms with van der Waals surface area (Å²) in [5.74, 6) is 0. The van der Waals surface area contributed by atoms with Crippen molar-refractivity contribution < 1.29 is 17.2 Å². The molecule has 142 valence electrons. The molecule has 2 aromatic rings. The fraction of sp³-hybridized carbons (Fsp3) is 0.438. The van der Waals surface area contributed by atoms with Gasteiger partial charge in [0, 0.05) is 37.2 Å². The average molecular weight is 449 g/mol. The molecule has 26 heavy (non-hydrogen) atoms. The van der Waals surface area contributed by atoms with E-state index in [4.69, 9.17) is 0 Å². The molecule has 0 amide bonds. The zero-order valence-corrected chi connectivity index (χ0v) is 16.5. The summed E-state index contributed by atoms with van der Waals surface area (Å²) in [6, 6.07) is 7.97. The minimum atomic E-state index is -3.83. The van der Waals surface area contributed by atoms with Crippen molar-refractivity contribution in [3.05, 3.63) is 46.2 Å². The topological polar surface area (TPSA) is 58.4 Å². The molecule has 1 aliphatic heterocycles. The number of piperazine rings is 1. The molecule has 6 nitrogen and oxygen atoms in total. The van der Waals surface area contributed by atoms with E-state index in [0.717, 1.165) is 22.8 Å². The summed E-state index contributed by atoms with van der Waals surface area (Å²) in [6.45, 7) is 0.999. The van der Waals surface area contributed by atoms with Crippen LogP contribution in [-0.2, 0) is 16.6 Å². The predicted molar refractivity (Wildman–Crippen MR) is 96.4 cm³/mol. The Labute approximate surface area is 159 Å². The molecular formula is C16H19BrF2N4O2S. The highest BCUT2D eigenvalue weighted by Crippen LogP contribution is 2.24. The van der Waals surface area contributed by atoms with Crippen LogP contribution in [0.1, 0.15) is 17.8 Å². The summed E-state index contributed by atoms with van der Waals surface area (Å²) in [6.07, 6.45) is 1.00. The first-order valence-electron chi connectivity index (χ1n) is 8.08. The minimum Gasteiger partial charge on any atom is -0.296 e. The molecule has 0 aliphatic carbocycles. The number of halogens is 3. The normalized spacial score (nSPS) is 17.1. The van der Waals surface area contributed by atoms with Gasteiger partial charge in [0.2, 0.25) is 10.0 Å². The van der Waals surface area contributed by atoms with Crippen LogP contribution >= 0.6 is 15.9 Å². The van der Waals surface area contributed by atoms with Gasteiger partial charge in [-0.05, 0) is 24.6 Å². The Bertz CT molecular complexity index is 880. The van der Waals surface area contributed by atoms with Crippen LogP contribution in [0.25, 0.3) is 0 Å². The number of aromatic nitrogens is 2. The third-order valence-electron chi connectivity index (χ3n) is 4.43. The highest BCUT2D eigenvalue weighted by Gasteiger charge is 2.32. The fourth-order valence-electron chi connectivity index (χ4n) is 3.02.